The second-order valence-corrected chi connectivity index (χ2v) is 9.17. The minimum atomic E-state index is -0.169. The van der Waals surface area contributed by atoms with Crippen molar-refractivity contribution in [3.8, 4) is 23.3 Å². The molecule has 0 saturated heterocycles. The van der Waals surface area contributed by atoms with Crippen LogP contribution in [0, 0.1) is 25.7 Å². The number of phenolic OH excluding ortho intramolecular Hbond substituents is 2. The topological polar surface area (TPSA) is 40.5 Å². The van der Waals surface area contributed by atoms with Gasteiger partial charge in [-0.2, -0.15) is 0 Å². The molecule has 26 heavy (non-hydrogen) atoms. The maximum Gasteiger partial charge on any atom is 0.134 e. The summed E-state index contributed by atoms with van der Waals surface area (Å²) in [4.78, 5) is 0. The minimum Gasteiger partial charge on any atom is -0.506 e. The van der Waals surface area contributed by atoms with Crippen molar-refractivity contribution in [2.75, 3.05) is 0 Å². The van der Waals surface area contributed by atoms with E-state index in [1.807, 2.05) is 38.1 Å². The zero-order valence-electron chi connectivity index (χ0n) is 17.2. The van der Waals surface area contributed by atoms with Crippen molar-refractivity contribution in [2.45, 2.75) is 66.2 Å². The molecule has 2 nitrogen and oxygen atoms in total. The molecule has 0 atom stereocenters. The Balaban J connectivity index is 2.62. The molecule has 0 bridgehead atoms. The van der Waals surface area contributed by atoms with Gasteiger partial charge in [-0.25, -0.2) is 0 Å². The van der Waals surface area contributed by atoms with Gasteiger partial charge in [0.1, 0.15) is 11.5 Å². The number of benzene rings is 2. The van der Waals surface area contributed by atoms with Crippen molar-refractivity contribution in [1.82, 2.24) is 0 Å². The number of hydrogen-bond acceptors (Lipinski definition) is 2. The zero-order chi connectivity index (χ0) is 19.9. The third kappa shape index (κ3) is 4.22. The van der Waals surface area contributed by atoms with Crippen molar-refractivity contribution >= 4 is 0 Å². The monoisotopic (exact) mass is 350 g/mol. The third-order valence-corrected chi connectivity index (χ3v) is 4.46. The van der Waals surface area contributed by atoms with Gasteiger partial charge in [-0.05, 0) is 47.9 Å². The first kappa shape index (κ1) is 19.9. The molecule has 2 heteroatoms. The molecule has 0 radical (unpaired) electrons. The molecule has 0 saturated carbocycles. The Morgan fingerprint density at radius 2 is 0.923 bits per heavy atom. The van der Waals surface area contributed by atoms with Gasteiger partial charge in [0, 0.05) is 11.1 Å². The molecule has 0 heterocycles. The van der Waals surface area contributed by atoms with Gasteiger partial charge in [-0.15, -0.1) is 0 Å². The lowest BCUT2D eigenvalue weighted by Crippen LogP contribution is -2.12. The van der Waals surface area contributed by atoms with Gasteiger partial charge in [0.25, 0.3) is 0 Å². The normalized spacial score (nSPS) is 11.8. The molecule has 138 valence electrons. The van der Waals surface area contributed by atoms with Gasteiger partial charge in [0.2, 0.25) is 0 Å². The predicted molar refractivity (Wildman–Crippen MR) is 109 cm³/mol. The summed E-state index contributed by atoms with van der Waals surface area (Å²) in [5, 5.41) is 21.3. The summed E-state index contributed by atoms with van der Waals surface area (Å²) >= 11 is 0. The number of phenols is 2. The van der Waals surface area contributed by atoms with Crippen molar-refractivity contribution in [3.63, 3.8) is 0 Å². The highest BCUT2D eigenvalue weighted by Crippen LogP contribution is 2.35. The summed E-state index contributed by atoms with van der Waals surface area (Å²) in [6, 6.07) is 7.77. The quantitative estimate of drug-likeness (QED) is 0.598. The largest absolute Gasteiger partial charge is 0.506 e. The smallest absolute Gasteiger partial charge is 0.134 e. The van der Waals surface area contributed by atoms with E-state index in [9.17, 15) is 10.2 Å². The lowest BCUT2D eigenvalue weighted by atomic mass is 9.83. The molecular formula is C24H30O2. The summed E-state index contributed by atoms with van der Waals surface area (Å²) in [7, 11) is 0. The van der Waals surface area contributed by atoms with Gasteiger partial charge >= 0.3 is 0 Å². The average Bonchev–Trinajstić information content (AvgIpc) is 2.48. The van der Waals surface area contributed by atoms with Crippen LogP contribution < -0.4 is 0 Å². The van der Waals surface area contributed by atoms with E-state index in [1.54, 1.807) is 0 Å². The zero-order valence-corrected chi connectivity index (χ0v) is 17.2. The Hall–Kier alpha value is -2.40. The summed E-state index contributed by atoms with van der Waals surface area (Å²) in [6.07, 6.45) is 0. The number of hydrogen-bond donors (Lipinski definition) is 2. The maximum absolute atomic E-state index is 10.7. The van der Waals surface area contributed by atoms with Crippen LogP contribution in [0.15, 0.2) is 24.3 Å². The Labute approximate surface area is 157 Å². The van der Waals surface area contributed by atoms with Crippen molar-refractivity contribution in [2.24, 2.45) is 0 Å². The van der Waals surface area contributed by atoms with Crippen LogP contribution in [0.1, 0.15) is 74.9 Å². The lowest BCUT2D eigenvalue weighted by molar-refractivity contribution is 0.443. The van der Waals surface area contributed by atoms with Gasteiger partial charge in [-0.3, -0.25) is 0 Å². The first-order chi connectivity index (χ1) is 11.8. The molecule has 2 aromatic carbocycles. The van der Waals surface area contributed by atoms with Crippen LogP contribution in [-0.4, -0.2) is 10.2 Å². The molecule has 2 aromatic rings. The van der Waals surface area contributed by atoms with Crippen molar-refractivity contribution in [3.05, 3.63) is 57.6 Å². The summed E-state index contributed by atoms with van der Waals surface area (Å²) < 4.78 is 0. The molecule has 2 rings (SSSR count). The number of rotatable bonds is 0. The molecule has 0 aliphatic rings. The highest BCUT2D eigenvalue weighted by atomic mass is 16.3. The molecule has 0 aliphatic carbocycles. The van der Waals surface area contributed by atoms with Crippen LogP contribution >= 0.6 is 0 Å². The molecule has 2 N–H and O–H groups in total. The maximum atomic E-state index is 10.7. The fourth-order valence-corrected chi connectivity index (χ4v) is 3.03. The number of aryl methyl sites for hydroxylation is 2. The Bertz CT molecular complexity index is 822. The van der Waals surface area contributed by atoms with E-state index in [0.29, 0.717) is 11.1 Å². The van der Waals surface area contributed by atoms with E-state index >= 15 is 0 Å². The molecule has 0 amide bonds. The Morgan fingerprint density at radius 3 is 1.19 bits per heavy atom. The second-order valence-electron chi connectivity index (χ2n) is 9.17. The molecular weight excluding hydrogens is 320 g/mol. The van der Waals surface area contributed by atoms with Crippen LogP contribution in [-0.2, 0) is 10.8 Å². The Morgan fingerprint density at radius 1 is 0.615 bits per heavy atom. The molecule has 0 aromatic heterocycles. The van der Waals surface area contributed by atoms with Crippen LogP contribution in [0.4, 0.5) is 0 Å². The van der Waals surface area contributed by atoms with E-state index < -0.39 is 0 Å². The van der Waals surface area contributed by atoms with E-state index in [1.165, 1.54) is 0 Å². The summed E-state index contributed by atoms with van der Waals surface area (Å²) in [5.74, 6) is 6.58. The van der Waals surface area contributed by atoms with E-state index in [0.717, 1.165) is 22.3 Å². The standard InChI is InChI=1S/C24H30O2/c1-15-11-17(21(25)19(13-15)23(3,4)5)9-10-18-12-16(2)14-20(22(18)26)24(6,7)8/h11-14,25-26H,1-8H3. The first-order valence-electron chi connectivity index (χ1n) is 9.01. The minimum absolute atomic E-state index is 0.169. The summed E-state index contributed by atoms with van der Waals surface area (Å²) in [6.45, 7) is 16.4. The average molecular weight is 351 g/mol. The van der Waals surface area contributed by atoms with E-state index in [4.69, 9.17) is 0 Å². The van der Waals surface area contributed by atoms with Crippen LogP contribution in [0.3, 0.4) is 0 Å². The second kappa shape index (κ2) is 6.72. The van der Waals surface area contributed by atoms with Crippen LogP contribution in [0.25, 0.3) is 0 Å². The van der Waals surface area contributed by atoms with Crippen LogP contribution in [0.5, 0.6) is 11.5 Å². The van der Waals surface area contributed by atoms with Gasteiger partial charge in [0.05, 0.1) is 11.1 Å². The lowest BCUT2D eigenvalue weighted by Gasteiger charge is -2.22. The number of aromatic hydroxyl groups is 2. The van der Waals surface area contributed by atoms with Gasteiger partial charge < -0.3 is 10.2 Å². The first-order valence-corrected chi connectivity index (χ1v) is 9.01. The molecule has 0 unspecified atom stereocenters. The summed E-state index contributed by atoms with van der Waals surface area (Å²) in [5.41, 5.74) is 4.72. The van der Waals surface area contributed by atoms with E-state index in [-0.39, 0.29) is 22.3 Å². The van der Waals surface area contributed by atoms with Crippen molar-refractivity contribution < 1.29 is 10.2 Å². The highest BCUT2D eigenvalue weighted by Gasteiger charge is 2.21. The molecule has 0 aliphatic heterocycles. The predicted octanol–water partition coefficient (Wildman–Crippen LogP) is 5.71. The molecule has 0 fully saturated rings. The van der Waals surface area contributed by atoms with Gasteiger partial charge in [-0.1, -0.05) is 65.5 Å². The third-order valence-electron chi connectivity index (χ3n) is 4.46. The SMILES string of the molecule is Cc1cc(C#Cc2cc(C)cc(C(C)(C)C)c2O)c(O)c(C(C)(C)C)c1. The van der Waals surface area contributed by atoms with Gasteiger partial charge in [0.15, 0.2) is 0 Å². The van der Waals surface area contributed by atoms with Crippen LogP contribution in [0.2, 0.25) is 0 Å². The fourth-order valence-electron chi connectivity index (χ4n) is 3.03. The van der Waals surface area contributed by atoms with E-state index in [2.05, 4.69) is 53.4 Å². The van der Waals surface area contributed by atoms with Crippen molar-refractivity contribution in [1.29, 1.82) is 0 Å². The fraction of sp³-hybridized carbons (Fsp3) is 0.417. The Kier molecular flexibility index (Phi) is 5.15. The highest BCUT2D eigenvalue weighted by molar-refractivity contribution is 5.59. The molecule has 0 spiro atoms.